The van der Waals surface area contributed by atoms with Crippen molar-refractivity contribution in [2.45, 2.75) is 6.61 Å². The summed E-state index contributed by atoms with van der Waals surface area (Å²) in [6.45, 7) is 1.77. The van der Waals surface area contributed by atoms with Gasteiger partial charge in [-0.15, -0.1) is 0 Å². The van der Waals surface area contributed by atoms with Gasteiger partial charge in [-0.25, -0.2) is 4.98 Å². The summed E-state index contributed by atoms with van der Waals surface area (Å²) in [6.07, 6.45) is 3.39. The Hall–Kier alpha value is -2.53. The number of rotatable bonds is 7. The number of aromatic nitrogens is 1. The highest BCUT2D eigenvalue weighted by molar-refractivity contribution is 5.87. The molecule has 0 saturated carbocycles. The smallest absolute Gasteiger partial charge is 0.139 e. The highest BCUT2D eigenvalue weighted by Crippen LogP contribution is 2.21. The fourth-order valence-electron chi connectivity index (χ4n) is 2.28. The number of para-hydroxylation sites is 1. The van der Waals surface area contributed by atoms with Crippen molar-refractivity contribution in [2.24, 2.45) is 0 Å². The van der Waals surface area contributed by atoms with Crippen LogP contribution in [0.3, 0.4) is 0 Å². The molecule has 3 aromatic rings. The predicted molar refractivity (Wildman–Crippen MR) is 85.1 cm³/mol. The first kappa shape index (κ1) is 14.4. The monoisotopic (exact) mass is 298 g/mol. The van der Waals surface area contributed by atoms with Crippen molar-refractivity contribution in [3.8, 4) is 5.75 Å². The molecule has 0 bridgehead atoms. The topological polar surface area (TPSA) is 56.5 Å². The van der Waals surface area contributed by atoms with Crippen LogP contribution in [0.5, 0.6) is 5.75 Å². The fraction of sp³-hybridized carbons (Fsp3) is 0.235. The van der Waals surface area contributed by atoms with E-state index in [4.69, 9.17) is 13.9 Å². The lowest BCUT2D eigenvalue weighted by Gasteiger charge is -2.10. The predicted octanol–water partition coefficient (Wildman–Crippen LogP) is 3.47. The number of hydrogen-bond acceptors (Lipinski definition) is 5. The van der Waals surface area contributed by atoms with Gasteiger partial charge in [0.05, 0.1) is 32.0 Å². The molecule has 0 unspecified atom stereocenters. The van der Waals surface area contributed by atoms with Crippen LogP contribution in [-0.2, 0) is 11.3 Å². The highest BCUT2D eigenvalue weighted by atomic mass is 16.5. The molecule has 0 aliphatic heterocycles. The molecule has 0 atom stereocenters. The van der Waals surface area contributed by atoms with E-state index in [2.05, 4.69) is 10.3 Å². The summed E-state index contributed by atoms with van der Waals surface area (Å²) >= 11 is 0. The second-order valence-electron chi connectivity index (χ2n) is 4.78. The van der Waals surface area contributed by atoms with Gasteiger partial charge in [0.15, 0.2) is 0 Å². The SMILES string of the molecule is COc1ccccc1COCCNc1nccc2occc12. The molecule has 5 heteroatoms. The van der Waals surface area contributed by atoms with E-state index in [1.54, 1.807) is 19.6 Å². The van der Waals surface area contributed by atoms with Crippen LogP contribution < -0.4 is 10.1 Å². The molecule has 1 aromatic carbocycles. The lowest BCUT2D eigenvalue weighted by molar-refractivity contribution is 0.128. The van der Waals surface area contributed by atoms with Crippen molar-refractivity contribution in [1.29, 1.82) is 0 Å². The minimum Gasteiger partial charge on any atom is -0.496 e. The van der Waals surface area contributed by atoms with Crippen molar-refractivity contribution in [3.05, 3.63) is 54.4 Å². The first-order valence-electron chi connectivity index (χ1n) is 7.14. The van der Waals surface area contributed by atoms with E-state index in [1.807, 2.05) is 36.4 Å². The second kappa shape index (κ2) is 6.95. The van der Waals surface area contributed by atoms with Gasteiger partial charge in [-0.3, -0.25) is 0 Å². The van der Waals surface area contributed by atoms with Gasteiger partial charge in [-0.05, 0) is 18.2 Å². The number of methoxy groups -OCH3 is 1. The van der Waals surface area contributed by atoms with Gasteiger partial charge in [0.1, 0.15) is 17.2 Å². The molecule has 0 aliphatic carbocycles. The van der Waals surface area contributed by atoms with Crippen molar-refractivity contribution < 1.29 is 13.9 Å². The van der Waals surface area contributed by atoms with Crippen molar-refractivity contribution >= 4 is 16.8 Å². The standard InChI is InChI=1S/C17H18N2O3/c1-20-15-5-3-2-4-13(15)12-21-11-9-19-17-14-7-10-22-16(14)6-8-18-17/h2-8,10H,9,11-12H2,1H3,(H,18,19). The summed E-state index contributed by atoms with van der Waals surface area (Å²) in [7, 11) is 1.66. The lowest BCUT2D eigenvalue weighted by Crippen LogP contribution is -2.10. The summed E-state index contributed by atoms with van der Waals surface area (Å²) in [5.41, 5.74) is 1.87. The zero-order chi connectivity index (χ0) is 15.2. The molecule has 114 valence electrons. The third kappa shape index (κ3) is 3.20. The maximum Gasteiger partial charge on any atom is 0.139 e. The van der Waals surface area contributed by atoms with Gasteiger partial charge in [0.25, 0.3) is 0 Å². The van der Waals surface area contributed by atoms with Crippen molar-refractivity contribution in [2.75, 3.05) is 25.6 Å². The molecule has 5 nitrogen and oxygen atoms in total. The van der Waals surface area contributed by atoms with Gasteiger partial charge in [-0.1, -0.05) is 18.2 Å². The third-order valence-electron chi connectivity index (χ3n) is 3.37. The van der Waals surface area contributed by atoms with Crippen LogP contribution in [0.25, 0.3) is 11.0 Å². The van der Waals surface area contributed by atoms with Crippen LogP contribution in [0.1, 0.15) is 5.56 Å². The normalized spacial score (nSPS) is 10.8. The minimum atomic E-state index is 0.523. The number of nitrogens with zero attached hydrogens (tertiary/aromatic N) is 1. The Kier molecular flexibility index (Phi) is 4.56. The number of nitrogens with one attached hydrogen (secondary N) is 1. The molecular formula is C17H18N2O3. The van der Waals surface area contributed by atoms with E-state index in [0.717, 1.165) is 28.1 Å². The van der Waals surface area contributed by atoms with Crippen LogP contribution >= 0.6 is 0 Å². The average Bonchev–Trinajstić information content (AvgIpc) is 3.04. The zero-order valence-electron chi connectivity index (χ0n) is 12.4. The van der Waals surface area contributed by atoms with Gasteiger partial charge in [0, 0.05) is 18.3 Å². The molecule has 0 saturated heterocycles. The second-order valence-corrected chi connectivity index (χ2v) is 4.78. The number of benzene rings is 1. The molecule has 0 aliphatic rings. The summed E-state index contributed by atoms with van der Waals surface area (Å²) in [5, 5.41) is 4.24. The molecule has 2 heterocycles. The number of anilines is 1. The number of pyridine rings is 1. The molecular weight excluding hydrogens is 280 g/mol. The molecule has 22 heavy (non-hydrogen) atoms. The molecule has 0 fully saturated rings. The van der Waals surface area contributed by atoms with Crippen LogP contribution in [0.2, 0.25) is 0 Å². The summed E-state index contributed by atoms with van der Waals surface area (Å²) in [6, 6.07) is 11.6. The van der Waals surface area contributed by atoms with Crippen molar-refractivity contribution in [1.82, 2.24) is 4.98 Å². The van der Waals surface area contributed by atoms with Gasteiger partial charge in [0.2, 0.25) is 0 Å². The number of fused-ring (bicyclic) bond motifs is 1. The van der Waals surface area contributed by atoms with Crippen LogP contribution in [0, 0.1) is 0 Å². The molecule has 0 spiro atoms. The molecule has 0 amide bonds. The van der Waals surface area contributed by atoms with E-state index in [1.165, 1.54) is 0 Å². The Labute approximate surface area is 128 Å². The number of furan rings is 1. The van der Waals surface area contributed by atoms with Gasteiger partial charge in [-0.2, -0.15) is 0 Å². The summed E-state index contributed by atoms with van der Waals surface area (Å²) in [5.74, 6) is 1.66. The van der Waals surface area contributed by atoms with Crippen LogP contribution in [0.4, 0.5) is 5.82 Å². The van der Waals surface area contributed by atoms with Gasteiger partial charge < -0.3 is 19.2 Å². The molecule has 3 rings (SSSR count). The minimum absolute atomic E-state index is 0.523. The first-order valence-corrected chi connectivity index (χ1v) is 7.14. The Morgan fingerprint density at radius 2 is 2.09 bits per heavy atom. The first-order chi connectivity index (χ1) is 10.9. The number of hydrogen-bond donors (Lipinski definition) is 1. The Balaban J connectivity index is 1.49. The molecule has 1 N–H and O–H groups in total. The number of ether oxygens (including phenoxy) is 2. The Morgan fingerprint density at radius 1 is 1.18 bits per heavy atom. The van der Waals surface area contributed by atoms with E-state index in [9.17, 15) is 0 Å². The van der Waals surface area contributed by atoms with E-state index in [-0.39, 0.29) is 0 Å². The largest absolute Gasteiger partial charge is 0.496 e. The van der Waals surface area contributed by atoms with Crippen LogP contribution in [0.15, 0.2) is 53.3 Å². The van der Waals surface area contributed by atoms with E-state index < -0.39 is 0 Å². The Morgan fingerprint density at radius 3 is 3.00 bits per heavy atom. The van der Waals surface area contributed by atoms with Gasteiger partial charge >= 0.3 is 0 Å². The van der Waals surface area contributed by atoms with E-state index >= 15 is 0 Å². The quantitative estimate of drug-likeness (QED) is 0.677. The molecule has 0 radical (unpaired) electrons. The maximum atomic E-state index is 5.68. The fourth-order valence-corrected chi connectivity index (χ4v) is 2.28. The van der Waals surface area contributed by atoms with Crippen molar-refractivity contribution in [3.63, 3.8) is 0 Å². The Bertz CT molecular complexity index is 739. The zero-order valence-corrected chi connectivity index (χ0v) is 12.4. The van der Waals surface area contributed by atoms with Crippen LogP contribution in [-0.4, -0.2) is 25.2 Å². The highest BCUT2D eigenvalue weighted by Gasteiger charge is 2.04. The lowest BCUT2D eigenvalue weighted by atomic mass is 10.2. The summed E-state index contributed by atoms with van der Waals surface area (Å²) in [4.78, 5) is 4.32. The summed E-state index contributed by atoms with van der Waals surface area (Å²) < 4.78 is 16.3. The maximum absolute atomic E-state index is 5.68. The molecule has 2 aromatic heterocycles. The average molecular weight is 298 g/mol. The third-order valence-corrected chi connectivity index (χ3v) is 3.37. The van der Waals surface area contributed by atoms with E-state index in [0.29, 0.717) is 19.8 Å².